The Labute approximate surface area is 217 Å². The molecule has 14 nitrogen and oxygen atoms in total. The number of phenolic OH excluding ortho intramolecular Hbond substituents is 1. The van der Waals surface area contributed by atoms with E-state index in [2.05, 4.69) is 35.6 Å². The lowest BCUT2D eigenvalue weighted by Crippen LogP contribution is -2.45. The zero-order valence-electron chi connectivity index (χ0n) is 21.1. The number of amides is 2. The number of fused-ring (bicyclic) bond motifs is 2. The first-order chi connectivity index (χ1) is 18.2. The van der Waals surface area contributed by atoms with Crippen LogP contribution in [0, 0.1) is 0 Å². The van der Waals surface area contributed by atoms with Crippen LogP contribution in [-0.4, -0.2) is 80.9 Å². The summed E-state index contributed by atoms with van der Waals surface area (Å²) in [5.41, 5.74) is 2.05. The van der Waals surface area contributed by atoms with E-state index in [0.29, 0.717) is 23.5 Å². The standard InChI is InChI=1S/C24H29N7O7/c1-24(2)37-18-15(9-26-23(34)27-10-16(33)35-3)36-22(19(18)38-24)31-12-30-17-20(28-11-29-21(17)31)25-8-13-4-6-14(32)7-5-13/h4-7,11-12,15,18-19,22,32H,8-10H2,1-3H3,(H,25,28,29)(H2,26,27,34). The molecule has 0 bridgehead atoms. The Bertz CT molecular complexity index is 1310. The molecule has 202 valence electrons. The van der Waals surface area contributed by atoms with Crippen LogP contribution in [0.25, 0.3) is 11.2 Å². The summed E-state index contributed by atoms with van der Waals surface area (Å²) in [5, 5.41) is 17.9. The van der Waals surface area contributed by atoms with Crippen LogP contribution < -0.4 is 16.0 Å². The largest absolute Gasteiger partial charge is 0.508 e. The second-order valence-corrected chi connectivity index (χ2v) is 9.34. The van der Waals surface area contributed by atoms with E-state index >= 15 is 0 Å². The van der Waals surface area contributed by atoms with Crippen LogP contribution in [0.4, 0.5) is 10.6 Å². The number of nitrogens with zero attached hydrogens (tertiary/aromatic N) is 4. The molecule has 1 aromatic carbocycles. The number of hydrogen-bond donors (Lipinski definition) is 4. The minimum Gasteiger partial charge on any atom is -0.508 e. The quantitative estimate of drug-likeness (QED) is 0.308. The number of anilines is 1. The lowest BCUT2D eigenvalue weighted by molar-refractivity contribution is -0.195. The Hall–Kier alpha value is -4.01. The van der Waals surface area contributed by atoms with Crippen molar-refractivity contribution >= 4 is 29.0 Å². The first-order valence-electron chi connectivity index (χ1n) is 12.0. The first kappa shape index (κ1) is 25.6. The van der Waals surface area contributed by atoms with Gasteiger partial charge in [0.25, 0.3) is 0 Å². The maximum Gasteiger partial charge on any atom is 0.325 e. The number of esters is 1. The van der Waals surface area contributed by atoms with Gasteiger partial charge in [-0.05, 0) is 31.5 Å². The fourth-order valence-corrected chi connectivity index (χ4v) is 4.49. The maximum absolute atomic E-state index is 12.1. The van der Waals surface area contributed by atoms with Crippen molar-refractivity contribution in [3.63, 3.8) is 0 Å². The molecule has 0 aliphatic carbocycles. The highest BCUT2D eigenvalue weighted by Gasteiger charge is 2.56. The molecule has 4 N–H and O–H groups in total. The van der Waals surface area contributed by atoms with Crippen molar-refractivity contribution in [2.45, 2.75) is 50.7 Å². The van der Waals surface area contributed by atoms with Crippen molar-refractivity contribution in [2.75, 3.05) is 25.5 Å². The van der Waals surface area contributed by atoms with Crippen molar-refractivity contribution in [2.24, 2.45) is 0 Å². The lowest BCUT2D eigenvalue weighted by Gasteiger charge is -2.25. The number of urea groups is 1. The second-order valence-electron chi connectivity index (χ2n) is 9.34. The Morgan fingerprint density at radius 3 is 2.63 bits per heavy atom. The van der Waals surface area contributed by atoms with E-state index in [1.807, 2.05) is 26.0 Å². The third-order valence-corrected chi connectivity index (χ3v) is 6.24. The smallest absolute Gasteiger partial charge is 0.325 e. The summed E-state index contributed by atoms with van der Waals surface area (Å²) in [5.74, 6) is -0.674. The van der Waals surface area contributed by atoms with Crippen molar-refractivity contribution < 1.29 is 33.6 Å². The molecule has 2 amide bonds. The third kappa shape index (κ3) is 5.32. The average Bonchev–Trinajstić information content (AvgIpc) is 3.56. The molecule has 0 saturated carbocycles. The van der Waals surface area contributed by atoms with Crippen molar-refractivity contribution in [1.82, 2.24) is 30.2 Å². The zero-order chi connectivity index (χ0) is 26.9. The number of carbonyl (C=O) groups excluding carboxylic acids is 2. The van der Waals surface area contributed by atoms with Gasteiger partial charge in [-0.2, -0.15) is 0 Å². The molecular weight excluding hydrogens is 498 g/mol. The summed E-state index contributed by atoms with van der Waals surface area (Å²) in [6.45, 7) is 3.97. The Kier molecular flexibility index (Phi) is 7.01. The van der Waals surface area contributed by atoms with E-state index < -0.39 is 42.3 Å². The summed E-state index contributed by atoms with van der Waals surface area (Å²) in [6, 6.07) is 6.33. The summed E-state index contributed by atoms with van der Waals surface area (Å²) >= 11 is 0. The molecule has 4 heterocycles. The minimum atomic E-state index is -0.856. The molecule has 0 radical (unpaired) electrons. The van der Waals surface area contributed by atoms with Gasteiger partial charge in [0.15, 0.2) is 29.0 Å². The highest BCUT2D eigenvalue weighted by molar-refractivity contribution is 5.83. The molecular formula is C24H29N7O7. The van der Waals surface area contributed by atoms with Gasteiger partial charge in [0, 0.05) is 13.1 Å². The number of imidazole rings is 1. The fourth-order valence-electron chi connectivity index (χ4n) is 4.49. The molecule has 2 saturated heterocycles. The fraction of sp³-hybridized carbons (Fsp3) is 0.458. The van der Waals surface area contributed by atoms with Crippen LogP contribution in [0.3, 0.4) is 0 Å². The van der Waals surface area contributed by atoms with Gasteiger partial charge in [0.05, 0.1) is 13.4 Å². The normalized spacial score (nSPS) is 23.7. The van der Waals surface area contributed by atoms with Gasteiger partial charge in [0.2, 0.25) is 0 Å². The summed E-state index contributed by atoms with van der Waals surface area (Å²) in [4.78, 5) is 36.7. The Balaban J connectivity index is 1.32. The van der Waals surface area contributed by atoms with Crippen molar-refractivity contribution in [1.29, 1.82) is 0 Å². The van der Waals surface area contributed by atoms with Crippen LogP contribution in [0.15, 0.2) is 36.9 Å². The molecule has 2 fully saturated rings. The highest BCUT2D eigenvalue weighted by atomic mass is 16.8. The number of aromatic hydroxyl groups is 1. The van der Waals surface area contributed by atoms with Gasteiger partial charge in [-0.15, -0.1) is 0 Å². The minimum absolute atomic E-state index is 0.116. The molecule has 2 aromatic heterocycles. The first-order valence-corrected chi connectivity index (χ1v) is 12.0. The van der Waals surface area contributed by atoms with E-state index in [-0.39, 0.29) is 18.8 Å². The molecule has 0 spiro atoms. The van der Waals surface area contributed by atoms with Crippen LogP contribution in [-0.2, 0) is 30.3 Å². The van der Waals surface area contributed by atoms with Gasteiger partial charge in [-0.3, -0.25) is 9.36 Å². The van der Waals surface area contributed by atoms with E-state index in [1.165, 1.54) is 13.4 Å². The van der Waals surface area contributed by atoms with Crippen LogP contribution in [0.1, 0.15) is 25.6 Å². The van der Waals surface area contributed by atoms with Gasteiger partial charge in [-0.25, -0.2) is 19.7 Å². The number of benzene rings is 1. The zero-order valence-corrected chi connectivity index (χ0v) is 21.1. The van der Waals surface area contributed by atoms with E-state index in [0.717, 1.165) is 5.56 Å². The van der Waals surface area contributed by atoms with E-state index in [4.69, 9.17) is 14.2 Å². The van der Waals surface area contributed by atoms with E-state index in [1.54, 1.807) is 23.0 Å². The molecule has 2 aliphatic rings. The Morgan fingerprint density at radius 1 is 1.11 bits per heavy atom. The molecule has 38 heavy (non-hydrogen) atoms. The summed E-state index contributed by atoms with van der Waals surface area (Å²) in [6.07, 6.45) is 0.921. The topological polar surface area (TPSA) is 171 Å². The number of rotatable bonds is 8. The number of aromatic nitrogens is 4. The van der Waals surface area contributed by atoms with Crippen LogP contribution in [0.5, 0.6) is 5.75 Å². The van der Waals surface area contributed by atoms with Crippen molar-refractivity contribution in [3.8, 4) is 5.75 Å². The van der Waals surface area contributed by atoms with Gasteiger partial charge < -0.3 is 40.0 Å². The van der Waals surface area contributed by atoms with Gasteiger partial charge in [0.1, 0.15) is 36.9 Å². The number of carbonyl (C=O) groups is 2. The third-order valence-electron chi connectivity index (χ3n) is 6.24. The predicted octanol–water partition coefficient (Wildman–Crippen LogP) is 1.03. The SMILES string of the molecule is COC(=O)CNC(=O)NCC1OC(n2cnc3c(NCc4ccc(O)cc4)ncnc32)C2OC(C)(C)OC12. The second kappa shape index (κ2) is 10.4. The van der Waals surface area contributed by atoms with Crippen LogP contribution >= 0.6 is 0 Å². The molecule has 14 heteroatoms. The lowest BCUT2D eigenvalue weighted by atomic mass is 10.1. The summed E-state index contributed by atoms with van der Waals surface area (Å²) < 4.78 is 24.8. The van der Waals surface area contributed by atoms with Gasteiger partial charge >= 0.3 is 12.0 Å². The van der Waals surface area contributed by atoms with E-state index in [9.17, 15) is 14.7 Å². The number of ether oxygens (including phenoxy) is 4. The molecule has 4 atom stereocenters. The molecule has 4 unspecified atom stereocenters. The number of hydrogen-bond acceptors (Lipinski definition) is 11. The number of nitrogens with one attached hydrogen (secondary N) is 3. The number of methoxy groups -OCH3 is 1. The molecule has 5 rings (SSSR count). The predicted molar refractivity (Wildman–Crippen MR) is 132 cm³/mol. The average molecular weight is 528 g/mol. The van der Waals surface area contributed by atoms with Gasteiger partial charge in [-0.1, -0.05) is 12.1 Å². The Morgan fingerprint density at radius 2 is 1.87 bits per heavy atom. The summed E-state index contributed by atoms with van der Waals surface area (Å²) in [7, 11) is 1.24. The highest BCUT2D eigenvalue weighted by Crippen LogP contribution is 2.43. The van der Waals surface area contributed by atoms with Crippen molar-refractivity contribution in [3.05, 3.63) is 42.5 Å². The monoisotopic (exact) mass is 527 g/mol. The molecule has 2 aliphatic heterocycles. The molecule has 3 aromatic rings. The number of phenols is 1. The maximum atomic E-state index is 12.1. The van der Waals surface area contributed by atoms with Crippen LogP contribution in [0.2, 0.25) is 0 Å².